The van der Waals surface area contributed by atoms with Crippen LogP contribution in [0.1, 0.15) is 101 Å². The quantitative estimate of drug-likeness (QED) is 0.0705. The van der Waals surface area contributed by atoms with Gasteiger partial charge in [-0.1, -0.05) is 83.2 Å². The maximum absolute atomic E-state index is 12.3. The SMILES string of the molecule is CCCCOC[C@H]1O[C@@H](c2cc(Cc3cc4ccccc4s3)c(Cl)cc2OCC(=O)OC)[C@H](OCCCC)[C@@H](OCCCC)[C@@H]1OCCCC. The first kappa shape index (κ1) is 40.5. The molecule has 8 nitrogen and oxygen atoms in total. The van der Waals surface area contributed by atoms with E-state index in [4.69, 9.17) is 44.8 Å². The Hall–Kier alpha value is -2.24. The van der Waals surface area contributed by atoms with Crippen LogP contribution in [0.2, 0.25) is 5.02 Å². The molecule has 1 aliphatic heterocycles. The highest BCUT2D eigenvalue weighted by atomic mass is 35.5. The van der Waals surface area contributed by atoms with E-state index >= 15 is 0 Å². The molecule has 0 aliphatic carbocycles. The molecular formula is C40H57ClO8S. The second-order valence-corrected chi connectivity index (χ2v) is 14.4. The van der Waals surface area contributed by atoms with Crippen LogP contribution < -0.4 is 4.74 Å². The van der Waals surface area contributed by atoms with Crippen molar-refractivity contribution in [3.8, 4) is 5.75 Å². The van der Waals surface area contributed by atoms with Crippen LogP contribution >= 0.6 is 22.9 Å². The molecule has 0 bridgehead atoms. The van der Waals surface area contributed by atoms with Crippen LogP contribution in [0.25, 0.3) is 10.1 Å². The number of thiophene rings is 1. The number of fused-ring (bicyclic) bond motifs is 1. The minimum atomic E-state index is -0.615. The Labute approximate surface area is 308 Å². The van der Waals surface area contributed by atoms with Gasteiger partial charge < -0.3 is 33.2 Å². The van der Waals surface area contributed by atoms with Gasteiger partial charge in [0.25, 0.3) is 0 Å². The van der Waals surface area contributed by atoms with Crippen LogP contribution in [0.4, 0.5) is 0 Å². The highest BCUT2D eigenvalue weighted by molar-refractivity contribution is 7.19. The number of carbonyl (C=O) groups is 1. The average molecular weight is 733 g/mol. The molecule has 0 unspecified atom stereocenters. The molecule has 1 aliphatic rings. The first-order chi connectivity index (χ1) is 24.4. The topological polar surface area (TPSA) is 81.7 Å². The normalized spacial score (nSPS) is 20.7. The van der Waals surface area contributed by atoms with Gasteiger partial charge in [0.15, 0.2) is 6.61 Å². The molecular weight excluding hydrogens is 676 g/mol. The number of ether oxygens (including phenoxy) is 7. The summed E-state index contributed by atoms with van der Waals surface area (Å²) in [5, 5.41) is 1.75. The zero-order valence-electron chi connectivity index (χ0n) is 30.6. The summed E-state index contributed by atoms with van der Waals surface area (Å²) in [5.74, 6) is -0.0491. The van der Waals surface area contributed by atoms with E-state index in [0.717, 1.165) is 62.5 Å². The lowest BCUT2D eigenvalue weighted by Gasteiger charge is -2.46. The third kappa shape index (κ3) is 11.6. The van der Waals surface area contributed by atoms with Crippen molar-refractivity contribution < 1.29 is 38.0 Å². The predicted molar refractivity (Wildman–Crippen MR) is 201 cm³/mol. The van der Waals surface area contributed by atoms with Gasteiger partial charge in [0.1, 0.15) is 36.3 Å². The highest BCUT2D eigenvalue weighted by Gasteiger charge is 2.49. The second-order valence-electron chi connectivity index (χ2n) is 12.9. The van der Waals surface area contributed by atoms with Gasteiger partial charge in [-0.3, -0.25) is 0 Å². The summed E-state index contributed by atoms with van der Waals surface area (Å²) >= 11 is 8.74. The molecule has 278 valence electrons. The zero-order valence-corrected chi connectivity index (χ0v) is 32.2. The summed E-state index contributed by atoms with van der Waals surface area (Å²) in [5.41, 5.74) is 1.67. The van der Waals surface area contributed by atoms with Crippen molar-refractivity contribution in [2.45, 2.75) is 116 Å². The molecule has 4 rings (SSSR count). The van der Waals surface area contributed by atoms with Crippen molar-refractivity contribution in [3.63, 3.8) is 0 Å². The van der Waals surface area contributed by atoms with Crippen molar-refractivity contribution in [2.75, 3.05) is 46.8 Å². The molecule has 0 amide bonds. The molecule has 1 saturated heterocycles. The van der Waals surface area contributed by atoms with E-state index in [-0.39, 0.29) is 6.61 Å². The van der Waals surface area contributed by atoms with Crippen LogP contribution in [0.5, 0.6) is 5.75 Å². The van der Waals surface area contributed by atoms with Crippen LogP contribution in [-0.4, -0.2) is 77.1 Å². The number of hydrogen-bond acceptors (Lipinski definition) is 9. The molecule has 1 fully saturated rings. The second kappa shape index (κ2) is 22.0. The van der Waals surface area contributed by atoms with Gasteiger partial charge in [-0.25, -0.2) is 4.79 Å². The standard InChI is InChI=1S/C40H57ClO8S/c1-6-10-18-44-26-34-38(45-19-11-7-2)40(47-21-13-9-4)39(46-20-12-8-3)37(49-34)31-24-29(32(41)25-33(31)48-27-36(42)43-5)23-30-22-28-16-14-15-17-35(28)50-30/h14-17,22,24-25,34,37-40H,6-13,18-21,23,26-27H2,1-5H3/t34-,37+,38-,39+,40+/m1/s1. The van der Waals surface area contributed by atoms with Gasteiger partial charge in [0.05, 0.1) is 13.7 Å². The number of carbonyl (C=O) groups excluding carboxylic acids is 1. The lowest BCUT2D eigenvalue weighted by molar-refractivity contribution is -0.268. The highest BCUT2D eigenvalue weighted by Crippen LogP contribution is 2.43. The van der Waals surface area contributed by atoms with Crippen LogP contribution in [-0.2, 0) is 39.6 Å². The van der Waals surface area contributed by atoms with Gasteiger partial charge in [0.2, 0.25) is 0 Å². The molecule has 2 aromatic carbocycles. The fraction of sp³-hybridized carbons (Fsp3) is 0.625. The summed E-state index contributed by atoms with van der Waals surface area (Å²) in [6.07, 6.45) is 5.96. The molecule has 0 radical (unpaired) electrons. The molecule has 0 spiro atoms. The fourth-order valence-electron chi connectivity index (χ4n) is 6.02. The van der Waals surface area contributed by atoms with E-state index in [2.05, 4.69) is 64.1 Å². The molecule has 1 aromatic heterocycles. The molecule has 2 heterocycles. The maximum Gasteiger partial charge on any atom is 0.343 e. The van der Waals surface area contributed by atoms with E-state index in [0.29, 0.717) is 50.2 Å². The van der Waals surface area contributed by atoms with E-state index in [1.165, 1.54) is 22.1 Å². The minimum absolute atomic E-state index is 0.272. The number of hydrogen-bond donors (Lipinski definition) is 0. The van der Waals surface area contributed by atoms with Crippen molar-refractivity contribution in [3.05, 3.63) is 63.5 Å². The van der Waals surface area contributed by atoms with Crippen molar-refractivity contribution in [2.24, 2.45) is 0 Å². The number of benzene rings is 2. The molecule has 0 N–H and O–H groups in total. The Balaban J connectivity index is 1.81. The Morgan fingerprint density at radius 1 is 0.820 bits per heavy atom. The largest absolute Gasteiger partial charge is 0.481 e. The van der Waals surface area contributed by atoms with Crippen LogP contribution in [0, 0.1) is 0 Å². The van der Waals surface area contributed by atoms with Crippen molar-refractivity contribution >= 4 is 39.0 Å². The summed E-state index contributed by atoms with van der Waals surface area (Å²) in [6.45, 7) is 11.0. The number of unbranched alkanes of at least 4 members (excludes halogenated alkanes) is 4. The minimum Gasteiger partial charge on any atom is -0.481 e. The maximum atomic E-state index is 12.3. The van der Waals surface area contributed by atoms with E-state index < -0.39 is 36.5 Å². The summed E-state index contributed by atoms with van der Waals surface area (Å²) < 4.78 is 45.6. The first-order valence-corrected chi connectivity index (χ1v) is 19.7. The molecule has 3 aromatic rings. The lowest BCUT2D eigenvalue weighted by Crippen LogP contribution is -2.58. The number of rotatable bonds is 23. The Morgan fingerprint density at radius 2 is 1.46 bits per heavy atom. The summed E-state index contributed by atoms with van der Waals surface area (Å²) in [6, 6.07) is 14.4. The first-order valence-electron chi connectivity index (χ1n) is 18.5. The van der Waals surface area contributed by atoms with Gasteiger partial charge in [-0.2, -0.15) is 0 Å². The van der Waals surface area contributed by atoms with Crippen molar-refractivity contribution in [1.82, 2.24) is 0 Å². The number of methoxy groups -OCH3 is 1. The Morgan fingerprint density at radius 3 is 2.12 bits per heavy atom. The predicted octanol–water partition coefficient (Wildman–Crippen LogP) is 9.51. The summed E-state index contributed by atoms with van der Waals surface area (Å²) in [7, 11) is 1.34. The van der Waals surface area contributed by atoms with Crippen LogP contribution in [0.3, 0.4) is 0 Å². The molecule has 0 saturated carbocycles. The third-order valence-corrected chi connectivity index (χ3v) is 10.4. The molecule has 10 heteroatoms. The van der Waals surface area contributed by atoms with Gasteiger partial charge >= 0.3 is 5.97 Å². The Kier molecular flexibility index (Phi) is 17.8. The van der Waals surface area contributed by atoms with Crippen molar-refractivity contribution in [1.29, 1.82) is 0 Å². The molecule has 50 heavy (non-hydrogen) atoms. The Bertz CT molecular complexity index is 1400. The smallest absolute Gasteiger partial charge is 0.343 e. The number of esters is 1. The van der Waals surface area contributed by atoms with Crippen LogP contribution in [0.15, 0.2) is 42.5 Å². The van der Waals surface area contributed by atoms with E-state index in [1.54, 1.807) is 17.4 Å². The average Bonchev–Trinajstić information content (AvgIpc) is 3.54. The summed E-state index contributed by atoms with van der Waals surface area (Å²) in [4.78, 5) is 13.5. The van der Waals surface area contributed by atoms with Gasteiger partial charge in [0, 0.05) is 53.0 Å². The fourth-order valence-corrected chi connectivity index (χ4v) is 7.33. The van der Waals surface area contributed by atoms with E-state index in [1.807, 2.05) is 0 Å². The monoisotopic (exact) mass is 732 g/mol. The van der Waals surface area contributed by atoms with Gasteiger partial charge in [-0.05, 0) is 60.9 Å². The van der Waals surface area contributed by atoms with Gasteiger partial charge in [-0.15, -0.1) is 11.3 Å². The zero-order chi connectivity index (χ0) is 35.7. The number of halogens is 1. The lowest BCUT2D eigenvalue weighted by atomic mass is 9.89. The third-order valence-electron chi connectivity index (χ3n) is 8.88. The molecule has 5 atom stereocenters. The van der Waals surface area contributed by atoms with E-state index in [9.17, 15) is 4.79 Å².